The third-order valence-electron chi connectivity index (χ3n) is 7.62. The largest absolute Gasteiger partial charge is 0.354 e. The van der Waals surface area contributed by atoms with Gasteiger partial charge >= 0.3 is 0 Å². The fourth-order valence-electron chi connectivity index (χ4n) is 4.90. The van der Waals surface area contributed by atoms with E-state index >= 15 is 0 Å². The minimum Gasteiger partial charge on any atom is -0.354 e. The Morgan fingerprint density at radius 3 is 2.13 bits per heavy atom. The van der Waals surface area contributed by atoms with Crippen molar-refractivity contribution in [2.45, 2.75) is 51.1 Å². The van der Waals surface area contributed by atoms with Crippen molar-refractivity contribution in [3.8, 4) is 0 Å². The van der Waals surface area contributed by atoms with Crippen LogP contribution in [0.2, 0.25) is 15.1 Å². The number of amides is 2. The molecule has 7 nitrogen and oxygen atoms in total. The van der Waals surface area contributed by atoms with E-state index in [9.17, 15) is 18.0 Å². The predicted molar refractivity (Wildman–Crippen MR) is 186 cm³/mol. The number of benzene rings is 4. The fourth-order valence-corrected chi connectivity index (χ4v) is 6.75. The van der Waals surface area contributed by atoms with Gasteiger partial charge in [-0.15, -0.1) is 0 Å². The van der Waals surface area contributed by atoms with Crippen molar-refractivity contribution in [3.63, 3.8) is 0 Å². The minimum atomic E-state index is -4.25. The van der Waals surface area contributed by atoms with Gasteiger partial charge < -0.3 is 10.2 Å². The number of nitrogens with zero attached hydrogens (tertiary/aromatic N) is 2. The highest BCUT2D eigenvalue weighted by Crippen LogP contribution is 2.28. The first-order chi connectivity index (χ1) is 21.9. The molecule has 11 heteroatoms. The van der Waals surface area contributed by atoms with Crippen molar-refractivity contribution < 1.29 is 18.0 Å². The number of aryl methyl sites for hydroxylation is 2. The third-order valence-corrected chi connectivity index (χ3v) is 10.4. The fraction of sp³-hybridized carbons (Fsp3) is 0.257. The molecule has 1 atom stereocenters. The highest BCUT2D eigenvalue weighted by molar-refractivity contribution is 7.92. The highest BCUT2D eigenvalue weighted by Gasteiger charge is 2.34. The summed E-state index contributed by atoms with van der Waals surface area (Å²) in [5.41, 5.74) is 3.61. The van der Waals surface area contributed by atoms with Crippen molar-refractivity contribution >= 4 is 62.3 Å². The Morgan fingerprint density at radius 1 is 0.804 bits per heavy atom. The summed E-state index contributed by atoms with van der Waals surface area (Å²) >= 11 is 18.6. The Bertz CT molecular complexity index is 1790. The van der Waals surface area contributed by atoms with Gasteiger partial charge in [-0.05, 0) is 91.1 Å². The monoisotopic (exact) mass is 699 g/mol. The van der Waals surface area contributed by atoms with Crippen LogP contribution in [0.4, 0.5) is 5.69 Å². The minimum absolute atomic E-state index is 0.0193. The van der Waals surface area contributed by atoms with Crippen LogP contribution in [0.15, 0.2) is 95.9 Å². The lowest BCUT2D eigenvalue weighted by Crippen LogP contribution is -2.53. The summed E-state index contributed by atoms with van der Waals surface area (Å²) in [6.07, 6.45) is 0.904. The van der Waals surface area contributed by atoms with Crippen LogP contribution in [0.25, 0.3) is 0 Å². The van der Waals surface area contributed by atoms with Gasteiger partial charge in [-0.25, -0.2) is 8.42 Å². The predicted octanol–water partition coefficient (Wildman–Crippen LogP) is 7.63. The van der Waals surface area contributed by atoms with Gasteiger partial charge in [0.25, 0.3) is 10.0 Å². The quantitative estimate of drug-likeness (QED) is 0.156. The van der Waals surface area contributed by atoms with Gasteiger partial charge in [0.05, 0.1) is 20.6 Å². The first-order valence-electron chi connectivity index (χ1n) is 14.8. The summed E-state index contributed by atoms with van der Waals surface area (Å²) in [7, 11) is -4.25. The van der Waals surface area contributed by atoms with E-state index in [2.05, 4.69) is 5.32 Å². The molecule has 242 valence electrons. The van der Waals surface area contributed by atoms with Gasteiger partial charge in [0.2, 0.25) is 11.8 Å². The van der Waals surface area contributed by atoms with Crippen LogP contribution in [-0.4, -0.2) is 44.3 Å². The van der Waals surface area contributed by atoms with Gasteiger partial charge in [0.15, 0.2) is 0 Å². The number of nitrogens with one attached hydrogen (secondary N) is 1. The Kier molecular flexibility index (Phi) is 12.1. The zero-order chi connectivity index (χ0) is 33.4. The van der Waals surface area contributed by atoms with E-state index in [0.717, 1.165) is 21.0 Å². The van der Waals surface area contributed by atoms with E-state index in [4.69, 9.17) is 34.8 Å². The van der Waals surface area contributed by atoms with Crippen molar-refractivity contribution in [2.24, 2.45) is 0 Å². The van der Waals surface area contributed by atoms with Gasteiger partial charge in [0.1, 0.15) is 12.6 Å². The number of halogens is 3. The first-order valence-corrected chi connectivity index (χ1v) is 17.4. The molecule has 4 aromatic rings. The van der Waals surface area contributed by atoms with Gasteiger partial charge in [-0.2, -0.15) is 0 Å². The average molecular weight is 701 g/mol. The molecule has 0 aliphatic heterocycles. The average Bonchev–Trinajstić information content (AvgIpc) is 3.04. The second kappa shape index (κ2) is 15.8. The second-order valence-corrected chi connectivity index (χ2v) is 14.1. The van der Waals surface area contributed by atoms with Gasteiger partial charge in [-0.1, -0.05) is 84.2 Å². The number of anilines is 1. The van der Waals surface area contributed by atoms with E-state index < -0.39 is 28.5 Å². The van der Waals surface area contributed by atoms with Crippen LogP contribution >= 0.6 is 34.8 Å². The molecule has 1 N–H and O–H groups in total. The van der Waals surface area contributed by atoms with E-state index in [1.54, 1.807) is 30.3 Å². The maximum Gasteiger partial charge on any atom is 0.264 e. The van der Waals surface area contributed by atoms with Crippen LogP contribution in [0.3, 0.4) is 0 Å². The van der Waals surface area contributed by atoms with E-state index in [0.29, 0.717) is 39.3 Å². The molecule has 0 heterocycles. The molecule has 46 heavy (non-hydrogen) atoms. The van der Waals surface area contributed by atoms with Crippen molar-refractivity contribution in [1.29, 1.82) is 0 Å². The lowest BCUT2D eigenvalue weighted by atomic mass is 10.0. The zero-order valence-corrected chi connectivity index (χ0v) is 28.9. The molecule has 0 radical (unpaired) electrons. The van der Waals surface area contributed by atoms with Crippen LogP contribution < -0.4 is 9.62 Å². The molecule has 0 fully saturated rings. The maximum absolute atomic E-state index is 14.5. The summed E-state index contributed by atoms with van der Waals surface area (Å²) < 4.78 is 29.4. The number of sulfonamides is 1. The molecule has 4 aromatic carbocycles. The van der Waals surface area contributed by atoms with Crippen LogP contribution in [0.1, 0.15) is 35.6 Å². The Balaban J connectivity index is 1.82. The summed E-state index contributed by atoms with van der Waals surface area (Å²) in [5.74, 6) is -0.924. The molecule has 0 spiro atoms. The SMILES string of the molecule is CCCNC(=O)C(Cc1ccccc1)N(Cc1ccc(Cl)c(Cl)c1)C(=O)CN(c1ccc(C)c(C)c1)S(=O)(=O)c1ccc(Cl)cc1. The molecule has 0 bridgehead atoms. The number of rotatable bonds is 13. The molecular weight excluding hydrogens is 665 g/mol. The summed E-state index contributed by atoms with van der Waals surface area (Å²) in [4.78, 5) is 29.7. The zero-order valence-electron chi connectivity index (χ0n) is 25.8. The van der Waals surface area contributed by atoms with E-state index in [1.165, 1.54) is 29.2 Å². The van der Waals surface area contributed by atoms with Gasteiger partial charge in [0, 0.05) is 24.5 Å². The van der Waals surface area contributed by atoms with Gasteiger partial charge in [-0.3, -0.25) is 13.9 Å². The van der Waals surface area contributed by atoms with Crippen molar-refractivity contribution in [3.05, 3.63) is 128 Å². The molecule has 0 aliphatic rings. The summed E-state index contributed by atoms with van der Waals surface area (Å²) in [6.45, 7) is 5.56. The number of carbonyl (C=O) groups is 2. The summed E-state index contributed by atoms with van der Waals surface area (Å²) in [5, 5.41) is 3.95. The van der Waals surface area contributed by atoms with Crippen LogP contribution in [0, 0.1) is 13.8 Å². The van der Waals surface area contributed by atoms with E-state index in [-0.39, 0.29) is 23.8 Å². The molecule has 2 amide bonds. The molecule has 0 saturated carbocycles. The lowest BCUT2D eigenvalue weighted by Gasteiger charge is -2.34. The molecular formula is C35H36Cl3N3O4S. The molecule has 4 rings (SSSR count). The Labute approximate surface area is 286 Å². The van der Waals surface area contributed by atoms with Crippen LogP contribution in [0.5, 0.6) is 0 Å². The molecule has 0 aliphatic carbocycles. The van der Waals surface area contributed by atoms with Crippen LogP contribution in [-0.2, 0) is 32.6 Å². The molecule has 0 saturated heterocycles. The Morgan fingerprint density at radius 2 is 1.50 bits per heavy atom. The molecule has 0 aromatic heterocycles. The maximum atomic E-state index is 14.5. The summed E-state index contributed by atoms with van der Waals surface area (Å²) in [6, 6.07) is 24.4. The smallest absolute Gasteiger partial charge is 0.264 e. The standard InChI is InChI=1S/C35H36Cl3N3O4S/c1-4-18-39-35(43)33(21-26-8-6-5-7-9-26)40(22-27-11-17-31(37)32(38)20-27)34(42)23-41(29-14-10-24(2)25(3)19-29)46(44,45)30-15-12-28(36)13-16-30/h5-17,19-20,33H,4,18,21-23H2,1-3H3,(H,39,43). The normalized spacial score (nSPS) is 12.0. The number of hydrogen-bond acceptors (Lipinski definition) is 4. The van der Waals surface area contributed by atoms with Crippen molar-refractivity contribution in [2.75, 3.05) is 17.4 Å². The topological polar surface area (TPSA) is 86.8 Å². The van der Waals surface area contributed by atoms with E-state index in [1.807, 2.05) is 57.2 Å². The molecule has 1 unspecified atom stereocenters. The Hall–Kier alpha value is -3.56. The highest BCUT2D eigenvalue weighted by atomic mass is 35.5. The second-order valence-electron chi connectivity index (χ2n) is 11.0. The van der Waals surface area contributed by atoms with Crippen molar-refractivity contribution in [1.82, 2.24) is 10.2 Å². The first kappa shape index (κ1) is 35.3. The number of hydrogen-bond donors (Lipinski definition) is 1. The third kappa shape index (κ3) is 8.82. The number of carbonyl (C=O) groups excluding carboxylic acids is 2. The lowest BCUT2D eigenvalue weighted by molar-refractivity contribution is -0.140.